The molecule has 0 atom stereocenters. The predicted molar refractivity (Wildman–Crippen MR) is 109 cm³/mol. The van der Waals surface area contributed by atoms with Crippen LogP contribution in [0, 0.1) is 0 Å². The molecule has 0 saturated carbocycles. The van der Waals surface area contributed by atoms with Gasteiger partial charge in [0, 0.05) is 7.05 Å². The van der Waals surface area contributed by atoms with Gasteiger partial charge in [-0.2, -0.15) is 0 Å². The van der Waals surface area contributed by atoms with Crippen LogP contribution in [-0.2, 0) is 18.4 Å². The van der Waals surface area contributed by atoms with Gasteiger partial charge < -0.3 is 14.0 Å². The number of fused-ring (bicyclic) bond motifs is 1. The van der Waals surface area contributed by atoms with Crippen LogP contribution in [0.1, 0.15) is 23.0 Å². The number of aryl methyl sites for hydroxylation is 1. The number of carbonyl (C=O) groups is 1. The van der Waals surface area contributed by atoms with E-state index in [2.05, 4.69) is 0 Å². The van der Waals surface area contributed by atoms with Crippen molar-refractivity contribution in [1.82, 2.24) is 4.57 Å². The first-order valence-corrected chi connectivity index (χ1v) is 8.12. The molecule has 0 aliphatic rings. The van der Waals surface area contributed by atoms with Crippen molar-refractivity contribution in [2.75, 3.05) is 6.61 Å². The number of ether oxygens (including phenoxy) is 2. The Hall–Kier alpha value is -1.88. The van der Waals surface area contributed by atoms with E-state index in [9.17, 15) is 4.79 Å². The highest BCUT2D eigenvalue weighted by Gasteiger charge is 2.25. The molecule has 0 bridgehead atoms. The van der Waals surface area contributed by atoms with E-state index in [0.29, 0.717) is 29.7 Å². The van der Waals surface area contributed by atoms with Crippen molar-refractivity contribution in [3.05, 3.63) is 64.8 Å². The average Bonchev–Trinajstić information content (AvgIpc) is 2.88. The molecule has 0 saturated heterocycles. The minimum atomic E-state index is -0.421. The van der Waals surface area contributed by atoms with E-state index in [4.69, 9.17) is 21.1 Å². The smallest absolute Gasteiger partial charge is 0.358 e. The molecule has 4 nitrogen and oxygen atoms in total. The lowest BCUT2D eigenvalue weighted by Crippen LogP contribution is -2.11. The average molecular weight is 417 g/mol. The summed E-state index contributed by atoms with van der Waals surface area (Å²) in [6.07, 6.45) is 0. The molecule has 0 aliphatic carbocycles. The zero-order valence-electron chi connectivity index (χ0n) is 14.4. The predicted octanol–water partition coefficient (Wildman–Crippen LogP) is 5.43. The van der Waals surface area contributed by atoms with Crippen LogP contribution in [0.3, 0.4) is 0 Å². The SMILES string of the molecule is CCOC(=O)c1c(OCc2ccccc2)c2c(Cl)cccc2n1C.Cl.Cl. The molecule has 3 rings (SSSR count). The number of aromatic nitrogens is 1. The summed E-state index contributed by atoms with van der Waals surface area (Å²) >= 11 is 6.37. The van der Waals surface area contributed by atoms with Crippen molar-refractivity contribution in [3.63, 3.8) is 0 Å². The summed E-state index contributed by atoms with van der Waals surface area (Å²) in [5.41, 5.74) is 2.21. The molecule has 0 fully saturated rings. The van der Waals surface area contributed by atoms with Crippen molar-refractivity contribution in [2.24, 2.45) is 7.05 Å². The van der Waals surface area contributed by atoms with E-state index in [-0.39, 0.29) is 24.8 Å². The van der Waals surface area contributed by atoms with E-state index < -0.39 is 5.97 Å². The third kappa shape index (κ3) is 4.26. The fraction of sp³-hybridized carbons (Fsp3) is 0.211. The molecular weight excluding hydrogens is 397 g/mol. The van der Waals surface area contributed by atoms with Crippen LogP contribution in [0.5, 0.6) is 5.75 Å². The lowest BCUT2D eigenvalue weighted by Gasteiger charge is -2.09. The zero-order valence-corrected chi connectivity index (χ0v) is 16.8. The van der Waals surface area contributed by atoms with Gasteiger partial charge in [-0.1, -0.05) is 48.0 Å². The highest BCUT2D eigenvalue weighted by Crippen LogP contribution is 2.38. The van der Waals surface area contributed by atoms with Crippen molar-refractivity contribution in [2.45, 2.75) is 13.5 Å². The minimum Gasteiger partial charge on any atom is -0.486 e. The Morgan fingerprint density at radius 3 is 2.42 bits per heavy atom. The van der Waals surface area contributed by atoms with E-state index in [1.165, 1.54) is 0 Å². The molecule has 0 spiro atoms. The number of halogens is 3. The van der Waals surface area contributed by atoms with Crippen molar-refractivity contribution in [3.8, 4) is 5.75 Å². The van der Waals surface area contributed by atoms with Crippen LogP contribution in [-0.4, -0.2) is 17.1 Å². The van der Waals surface area contributed by atoms with Gasteiger partial charge in [-0.15, -0.1) is 24.8 Å². The third-order valence-electron chi connectivity index (χ3n) is 3.83. The van der Waals surface area contributed by atoms with Crippen LogP contribution >= 0.6 is 36.4 Å². The van der Waals surface area contributed by atoms with Gasteiger partial charge in [0.05, 0.1) is 22.5 Å². The molecule has 0 aliphatic heterocycles. The number of hydrogen-bond acceptors (Lipinski definition) is 3. The van der Waals surface area contributed by atoms with E-state index in [0.717, 1.165) is 16.5 Å². The van der Waals surface area contributed by atoms with Crippen molar-refractivity contribution < 1.29 is 14.3 Å². The lowest BCUT2D eigenvalue weighted by atomic mass is 10.2. The van der Waals surface area contributed by atoms with Crippen molar-refractivity contribution >= 4 is 53.3 Å². The second-order valence-corrected chi connectivity index (χ2v) is 5.77. The van der Waals surface area contributed by atoms with Crippen molar-refractivity contribution in [1.29, 1.82) is 0 Å². The fourth-order valence-corrected chi connectivity index (χ4v) is 2.96. The summed E-state index contributed by atoms with van der Waals surface area (Å²) < 4.78 is 13.0. The molecule has 7 heteroatoms. The minimum absolute atomic E-state index is 0. The van der Waals surface area contributed by atoms with Gasteiger partial charge >= 0.3 is 5.97 Å². The number of hydrogen-bond donors (Lipinski definition) is 0. The molecule has 3 aromatic rings. The topological polar surface area (TPSA) is 40.5 Å². The Balaban J connectivity index is 0.00000169. The molecule has 0 radical (unpaired) electrons. The lowest BCUT2D eigenvalue weighted by molar-refractivity contribution is 0.0510. The van der Waals surface area contributed by atoms with Crippen LogP contribution in [0.25, 0.3) is 10.9 Å². The molecular formula is C19H20Cl3NO3. The first kappa shape index (κ1) is 22.2. The van der Waals surface area contributed by atoms with Gasteiger partial charge in [-0.25, -0.2) is 4.79 Å². The second-order valence-electron chi connectivity index (χ2n) is 5.37. The molecule has 0 N–H and O–H groups in total. The third-order valence-corrected chi connectivity index (χ3v) is 4.14. The standard InChI is InChI=1S/C19H18ClNO3.2ClH/c1-3-23-19(22)17-18(24-12-13-8-5-4-6-9-13)16-14(20)10-7-11-15(16)21(17)2;;/h4-11H,3,12H2,1-2H3;2*1H. The van der Waals surface area contributed by atoms with Gasteiger partial charge in [0.1, 0.15) is 6.61 Å². The normalized spacial score (nSPS) is 9.96. The van der Waals surface area contributed by atoms with E-state index >= 15 is 0 Å². The maximum atomic E-state index is 12.4. The van der Waals surface area contributed by atoms with Crippen LogP contribution in [0.15, 0.2) is 48.5 Å². The quantitative estimate of drug-likeness (QED) is 0.521. The highest BCUT2D eigenvalue weighted by molar-refractivity contribution is 6.36. The van der Waals surface area contributed by atoms with E-state index in [1.54, 1.807) is 24.6 Å². The Morgan fingerprint density at radius 1 is 1.08 bits per heavy atom. The molecule has 140 valence electrons. The highest BCUT2D eigenvalue weighted by atomic mass is 35.5. The summed E-state index contributed by atoms with van der Waals surface area (Å²) in [4.78, 5) is 12.4. The Kier molecular flexibility index (Phi) is 8.28. The maximum Gasteiger partial charge on any atom is 0.358 e. The molecule has 26 heavy (non-hydrogen) atoms. The van der Waals surface area contributed by atoms with Gasteiger partial charge in [0.15, 0.2) is 11.4 Å². The van der Waals surface area contributed by atoms with Gasteiger partial charge in [-0.05, 0) is 24.6 Å². The Bertz CT molecular complexity index is 879. The Labute approximate surface area is 169 Å². The van der Waals surface area contributed by atoms with Crippen LogP contribution < -0.4 is 4.74 Å². The molecule has 0 amide bonds. The number of benzene rings is 2. The molecule has 1 heterocycles. The molecule has 0 unspecified atom stereocenters. The number of esters is 1. The fourth-order valence-electron chi connectivity index (χ4n) is 2.71. The summed E-state index contributed by atoms with van der Waals surface area (Å²) in [7, 11) is 1.81. The maximum absolute atomic E-state index is 12.4. The summed E-state index contributed by atoms with van der Waals surface area (Å²) in [6.45, 7) is 2.42. The van der Waals surface area contributed by atoms with Crippen LogP contribution in [0.2, 0.25) is 5.02 Å². The zero-order chi connectivity index (χ0) is 17.1. The number of carbonyl (C=O) groups excluding carboxylic acids is 1. The monoisotopic (exact) mass is 415 g/mol. The first-order valence-electron chi connectivity index (χ1n) is 7.74. The summed E-state index contributed by atoms with van der Waals surface area (Å²) in [6, 6.07) is 15.3. The van der Waals surface area contributed by atoms with Gasteiger partial charge in [0.2, 0.25) is 0 Å². The Morgan fingerprint density at radius 2 is 1.77 bits per heavy atom. The second kappa shape index (κ2) is 9.72. The summed E-state index contributed by atoms with van der Waals surface area (Å²) in [5, 5.41) is 1.27. The van der Waals surface area contributed by atoms with E-state index in [1.807, 2.05) is 42.5 Å². The van der Waals surface area contributed by atoms with Gasteiger partial charge in [-0.3, -0.25) is 0 Å². The number of rotatable bonds is 5. The molecule has 2 aromatic carbocycles. The number of nitrogens with zero attached hydrogens (tertiary/aromatic N) is 1. The molecule has 1 aromatic heterocycles. The largest absolute Gasteiger partial charge is 0.486 e. The van der Waals surface area contributed by atoms with Gasteiger partial charge in [0.25, 0.3) is 0 Å². The first-order chi connectivity index (χ1) is 11.6. The summed E-state index contributed by atoms with van der Waals surface area (Å²) in [5.74, 6) is 0.0377. The van der Waals surface area contributed by atoms with Crippen LogP contribution in [0.4, 0.5) is 0 Å².